The van der Waals surface area contributed by atoms with Gasteiger partial charge in [-0.1, -0.05) is 25.7 Å². The van der Waals surface area contributed by atoms with Crippen LogP contribution in [0.1, 0.15) is 70.6 Å². The molecule has 0 amide bonds. The highest BCUT2D eigenvalue weighted by Crippen LogP contribution is 2.37. The molecule has 2 saturated heterocycles. The van der Waals surface area contributed by atoms with Gasteiger partial charge in [0.25, 0.3) is 0 Å². The highest BCUT2D eigenvalue weighted by molar-refractivity contribution is 4.95. The number of likely N-dealkylation sites (tertiary alicyclic amines) is 1. The lowest BCUT2D eigenvalue weighted by Gasteiger charge is -2.42. The van der Waals surface area contributed by atoms with E-state index in [1.165, 1.54) is 83.7 Å². The minimum absolute atomic E-state index is 0.801. The Morgan fingerprint density at radius 1 is 0.750 bits per heavy atom. The fourth-order valence-corrected chi connectivity index (χ4v) is 5.73. The van der Waals surface area contributed by atoms with Crippen molar-refractivity contribution in [2.75, 3.05) is 13.1 Å². The average molecular weight is 276 g/mol. The first-order valence-corrected chi connectivity index (χ1v) is 9.40. The van der Waals surface area contributed by atoms with E-state index in [1.54, 1.807) is 0 Å². The molecule has 0 aromatic heterocycles. The maximum atomic E-state index is 4.04. The predicted octanol–water partition coefficient (Wildman–Crippen LogP) is 3.56. The van der Waals surface area contributed by atoms with Crippen molar-refractivity contribution in [3.05, 3.63) is 0 Å². The molecule has 4 rings (SSSR count). The van der Waals surface area contributed by atoms with E-state index in [9.17, 15) is 0 Å². The molecule has 2 nitrogen and oxygen atoms in total. The van der Waals surface area contributed by atoms with Crippen LogP contribution in [0.2, 0.25) is 0 Å². The van der Waals surface area contributed by atoms with Crippen LogP contribution in [-0.2, 0) is 0 Å². The van der Waals surface area contributed by atoms with Crippen molar-refractivity contribution < 1.29 is 0 Å². The van der Waals surface area contributed by atoms with Gasteiger partial charge in [0.15, 0.2) is 0 Å². The maximum absolute atomic E-state index is 4.04. The first-order chi connectivity index (χ1) is 9.90. The van der Waals surface area contributed by atoms with E-state index in [0.29, 0.717) is 0 Å². The van der Waals surface area contributed by atoms with Crippen molar-refractivity contribution in [1.29, 1.82) is 0 Å². The molecule has 2 saturated carbocycles. The second-order valence-corrected chi connectivity index (χ2v) is 7.99. The molecule has 4 fully saturated rings. The summed E-state index contributed by atoms with van der Waals surface area (Å²) in [6.07, 6.45) is 16.3. The molecule has 0 aromatic rings. The average Bonchev–Trinajstić information content (AvgIpc) is 2.91. The molecular weight excluding hydrogens is 244 g/mol. The molecule has 0 spiro atoms. The summed E-state index contributed by atoms with van der Waals surface area (Å²) >= 11 is 0. The summed E-state index contributed by atoms with van der Waals surface area (Å²) in [5, 5.41) is 4.04. The summed E-state index contributed by atoms with van der Waals surface area (Å²) in [7, 11) is 0. The largest absolute Gasteiger partial charge is 0.310 e. The van der Waals surface area contributed by atoms with E-state index < -0.39 is 0 Å². The molecule has 2 heterocycles. The maximum Gasteiger partial charge on any atom is 0.0197 e. The van der Waals surface area contributed by atoms with Gasteiger partial charge in [0.1, 0.15) is 0 Å². The molecule has 2 aliphatic heterocycles. The smallest absolute Gasteiger partial charge is 0.0197 e. The summed E-state index contributed by atoms with van der Waals surface area (Å²) in [4.78, 5) is 2.87. The summed E-state index contributed by atoms with van der Waals surface area (Å²) in [6.45, 7) is 2.74. The molecule has 2 aliphatic carbocycles. The Balaban J connectivity index is 1.33. The molecule has 2 heteroatoms. The van der Waals surface area contributed by atoms with Gasteiger partial charge in [-0.25, -0.2) is 0 Å². The number of nitrogens with one attached hydrogen (secondary N) is 1. The molecule has 20 heavy (non-hydrogen) atoms. The SMILES string of the molecule is C1CCC2NC(CN3CCC4CCCCC43)CCC2C1. The van der Waals surface area contributed by atoms with Crippen LogP contribution in [0, 0.1) is 11.8 Å². The standard InChI is InChI=1S/C18H32N2/c1-3-7-17-14(5-1)9-10-16(19-17)13-20-12-11-15-6-2-4-8-18(15)20/h14-19H,1-13H2. The number of hydrogen-bond acceptors (Lipinski definition) is 2. The fourth-order valence-electron chi connectivity index (χ4n) is 5.73. The molecule has 0 radical (unpaired) electrons. The third-order valence-corrected chi connectivity index (χ3v) is 6.82. The zero-order valence-electron chi connectivity index (χ0n) is 13.0. The Labute approximate surface area is 124 Å². The van der Waals surface area contributed by atoms with Crippen molar-refractivity contribution in [2.45, 2.75) is 88.8 Å². The molecule has 5 unspecified atom stereocenters. The number of piperidine rings is 1. The van der Waals surface area contributed by atoms with E-state index in [-0.39, 0.29) is 0 Å². The highest BCUT2D eigenvalue weighted by atomic mass is 15.2. The Hall–Kier alpha value is -0.0800. The van der Waals surface area contributed by atoms with Crippen LogP contribution < -0.4 is 5.32 Å². The van der Waals surface area contributed by atoms with E-state index >= 15 is 0 Å². The van der Waals surface area contributed by atoms with Crippen molar-refractivity contribution in [2.24, 2.45) is 11.8 Å². The predicted molar refractivity (Wildman–Crippen MR) is 83.8 cm³/mol. The lowest BCUT2D eigenvalue weighted by molar-refractivity contribution is 0.122. The molecule has 0 bridgehead atoms. The van der Waals surface area contributed by atoms with Gasteiger partial charge in [-0.3, -0.25) is 4.90 Å². The van der Waals surface area contributed by atoms with Gasteiger partial charge in [-0.2, -0.15) is 0 Å². The number of nitrogens with zero attached hydrogens (tertiary/aromatic N) is 1. The topological polar surface area (TPSA) is 15.3 Å². The Morgan fingerprint density at radius 3 is 2.50 bits per heavy atom. The quantitative estimate of drug-likeness (QED) is 0.829. The normalized spacial score (nSPS) is 45.9. The monoisotopic (exact) mass is 276 g/mol. The van der Waals surface area contributed by atoms with E-state index in [0.717, 1.165) is 30.0 Å². The minimum Gasteiger partial charge on any atom is -0.310 e. The Kier molecular flexibility index (Phi) is 4.05. The van der Waals surface area contributed by atoms with Crippen LogP contribution in [0.5, 0.6) is 0 Å². The van der Waals surface area contributed by atoms with Crippen LogP contribution in [0.4, 0.5) is 0 Å². The van der Waals surface area contributed by atoms with Crippen LogP contribution in [0.15, 0.2) is 0 Å². The van der Waals surface area contributed by atoms with E-state index in [2.05, 4.69) is 10.2 Å². The van der Waals surface area contributed by atoms with Crippen LogP contribution >= 0.6 is 0 Å². The van der Waals surface area contributed by atoms with E-state index in [1.807, 2.05) is 0 Å². The zero-order valence-corrected chi connectivity index (χ0v) is 13.0. The van der Waals surface area contributed by atoms with Gasteiger partial charge in [0.05, 0.1) is 0 Å². The molecule has 0 aromatic carbocycles. The second-order valence-electron chi connectivity index (χ2n) is 7.99. The van der Waals surface area contributed by atoms with Gasteiger partial charge < -0.3 is 5.32 Å². The molecular formula is C18H32N2. The van der Waals surface area contributed by atoms with Crippen LogP contribution in [0.3, 0.4) is 0 Å². The number of fused-ring (bicyclic) bond motifs is 2. The van der Waals surface area contributed by atoms with Crippen LogP contribution in [-0.4, -0.2) is 36.1 Å². The molecule has 5 atom stereocenters. The van der Waals surface area contributed by atoms with E-state index in [4.69, 9.17) is 0 Å². The first kappa shape index (κ1) is 13.6. The summed E-state index contributed by atoms with van der Waals surface area (Å²) in [6, 6.07) is 2.62. The minimum atomic E-state index is 0.801. The van der Waals surface area contributed by atoms with Crippen molar-refractivity contribution in [3.63, 3.8) is 0 Å². The third kappa shape index (κ3) is 2.66. The van der Waals surface area contributed by atoms with Gasteiger partial charge in [-0.15, -0.1) is 0 Å². The molecule has 4 aliphatic rings. The summed E-state index contributed by atoms with van der Waals surface area (Å²) in [5.41, 5.74) is 0. The van der Waals surface area contributed by atoms with Crippen molar-refractivity contribution in [1.82, 2.24) is 10.2 Å². The fraction of sp³-hybridized carbons (Fsp3) is 1.00. The Morgan fingerprint density at radius 2 is 1.55 bits per heavy atom. The molecule has 1 N–H and O–H groups in total. The second kappa shape index (κ2) is 5.96. The van der Waals surface area contributed by atoms with Gasteiger partial charge in [0, 0.05) is 24.7 Å². The number of hydrogen-bond donors (Lipinski definition) is 1. The third-order valence-electron chi connectivity index (χ3n) is 6.82. The lowest BCUT2D eigenvalue weighted by Crippen LogP contribution is -2.53. The zero-order chi connectivity index (χ0) is 13.4. The van der Waals surface area contributed by atoms with Crippen molar-refractivity contribution >= 4 is 0 Å². The molecule has 114 valence electrons. The Bertz CT molecular complexity index is 329. The summed E-state index contributed by atoms with van der Waals surface area (Å²) < 4.78 is 0. The van der Waals surface area contributed by atoms with Gasteiger partial charge in [-0.05, 0) is 63.3 Å². The first-order valence-electron chi connectivity index (χ1n) is 9.40. The highest BCUT2D eigenvalue weighted by Gasteiger charge is 2.38. The van der Waals surface area contributed by atoms with Gasteiger partial charge >= 0.3 is 0 Å². The van der Waals surface area contributed by atoms with Crippen LogP contribution in [0.25, 0.3) is 0 Å². The lowest BCUT2D eigenvalue weighted by atomic mass is 9.77. The summed E-state index contributed by atoms with van der Waals surface area (Å²) in [5.74, 6) is 2.07. The van der Waals surface area contributed by atoms with Gasteiger partial charge in [0.2, 0.25) is 0 Å². The number of rotatable bonds is 2. The van der Waals surface area contributed by atoms with Crippen molar-refractivity contribution in [3.8, 4) is 0 Å².